The first-order valence-electron chi connectivity index (χ1n) is 6.31. The normalized spacial score (nSPS) is 12.0. The molecule has 0 unspecified atom stereocenters. The lowest BCUT2D eigenvalue weighted by Crippen LogP contribution is -2.23. The predicted octanol–water partition coefficient (Wildman–Crippen LogP) is 3.38. The molecule has 0 bridgehead atoms. The van der Waals surface area contributed by atoms with Crippen LogP contribution in [0.3, 0.4) is 0 Å². The summed E-state index contributed by atoms with van der Waals surface area (Å²) < 4.78 is 5.54. The van der Waals surface area contributed by atoms with Gasteiger partial charge in [0.15, 0.2) is 0 Å². The molecule has 2 heteroatoms. The maximum absolute atomic E-state index is 9.01. The maximum atomic E-state index is 9.01. The number of aliphatic hydroxyl groups is 1. The van der Waals surface area contributed by atoms with E-state index in [1.54, 1.807) is 0 Å². The zero-order chi connectivity index (χ0) is 11.6. The Labute approximate surface area is 95.0 Å². The third kappa shape index (κ3) is 10.2. The maximum Gasteiger partial charge on any atom is 0.0539 e. The second kappa shape index (κ2) is 9.17. The molecule has 0 saturated carbocycles. The summed E-state index contributed by atoms with van der Waals surface area (Å²) in [6.45, 7) is 7.99. The molecule has 0 fully saturated rings. The Kier molecular flexibility index (Phi) is 9.12. The smallest absolute Gasteiger partial charge is 0.0539 e. The van der Waals surface area contributed by atoms with Crippen molar-refractivity contribution < 1.29 is 9.84 Å². The zero-order valence-electron chi connectivity index (χ0n) is 10.7. The van der Waals surface area contributed by atoms with E-state index in [4.69, 9.17) is 9.84 Å². The average molecular weight is 216 g/mol. The van der Waals surface area contributed by atoms with Crippen molar-refractivity contribution in [1.82, 2.24) is 0 Å². The van der Waals surface area contributed by atoms with Crippen molar-refractivity contribution in [3.8, 4) is 0 Å². The van der Waals surface area contributed by atoms with Gasteiger partial charge in [-0.3, -0.25) is 0 Å². The van der Waals surface area contributed by atoms with Crippen LogP contribution in [0.5, 0.6) is 0 Å². The molecule has 0 saturated heterocycles. The van der Waals surface area contributed by atoms with Gasteiger partial charge >= 0.3 is 0 Å². The molecule has 0 aliphatic carbocycles. The first kappa shape index (κ1) is 14.9. The average Bonchev–Trinajstić information content (AvgIpc) is 2.22. The summed E-state index contributed by atoms with van der Waals surface area (Å²) in [6.07, 6.45) is 7.80. The van der Waals surface area contributed by atoms with Gasteiger partial charge in [-0.05, 0) is 6.42 Å². The van der Waals surface area contributed by atoms with Crippen LogP contribution in [0.4, 0.5) is 0 Å². The van der Waals surface area contributed by atoms with Crippen molar-refractivity contribution in [3.63, 3.8) is 0 Å². The Morgan fingerprint density at radius 2 is 1.60 bits per heavy atom. The molecule has 0 aromatic carbocycles. The van der Waals surface area contributed by atoms with E-state index in [0.29, 0.717) is 6.61 Å². The van der Waals surface area contributed by atoms with Crippen LogP contribution in [0.25, 0.3) is 0 Å². The third-order valence-corrected chi connectivity index (χ3v) is 2.56. The van der Waals surface area contributed by atoms with Crippen molar-refractivity contribution in [2.75, 3.05) is 19.8 Å². The standard InChI is InChI=1S/C13H28O2/c1-4-5-6-7-8-9-10-15-12-13(2,3)11-14/h14H,4-12H2,1-3H3. The fourth-order valence-corrected chi connectivity index (χ4v) is 1.38. The minimum absolute atomic E-state index is 0.0811. The van der Waals surface area contributed by atoms with E-state index in [2.05, 4.69) is 6.92 Å². The van der Waals surface area contributed by atoms with E-state index < -0.39 is 0 Å². The van der Waals surface area contributed by atoms with Crippen LogP contribution in [0, 0.1) is 5.41 Å². The van der Waals surface area contributed by atoms with Gasteiger partial charge in [0.2, 0.25) is 0 Å². The molecule has 0 heterocycles. The molecule has 0 aromatic heterocycles. The number of unbranched alkanes of at least 4 members (excludes halogenated alkanes) is 5. The van der Waals surface area contributed by atoms with Crippen molar-refractivity contribution in [2.24, 2.45) is 5.41 Å². The zero-order valence-corrected chi connectivity index (χ0v) is 10.7. The molecule has 0 spiro atoms. The minimum atomic E-state index is -0.0811. The van der Waals surface area contributed by atoms with Crippen LogP contribution < -0.4 is 0 Å². The molecule has 92 valence electrons. The Hall–Kier alpha value is -0.0800. The highest BCUT2D eigenvalue weighted by Gasteiger charge is 2.15. The highest BCUT2D eigenvalue weighted by atomic mass is 16.5. The number of hydrogen-bond donors (Lipinski definition) is 1. The van der Waals surface area contributed by atoms with Gasteiger partial charge in [0.1, 0.15) is 0 Å². The van der Waals surface area contributed by atoms with Crippen LogP contribution in [0.15, 0.2) is 0 Å². The number of aliphatic hydroxyl groups excluding tert-OH is 1. The summed E-state index contributed by atoms with van der Waals surface area (Å²) in [5, 5.41) is 9.01. The molecule has 0 aliphatic rings. The van der Waals surface area contributed by atoms with Gasteiger partial charge in [0.05, 0.1) is 13.2 Å². The molecule has 2 nitrogen and oxygen atoms in total. The molecule has 0 aromatic rings. The van der Waals surface area contributed by atoms with Crippen molar-refractivity contribution >= 4 is 0 Å². The van der Waals surface area contributed by atoms with Gasteiger partial charge in [-0.2, -0.15) is 0 Å². The lowest BCUT2D eigenvalue weighted by atomic mass is 9.97. The van der Waals surface area contributed by atoms with Crippen LogP contribution in [0.1, 0.15) is 59.3 Å². The highest BCUT2D eigenvalue weighted by Crippen LogP contribution is 2.14. The summed E-state index contributed by atoms with van der Waals surface area (Å²) in [6, 6.07) is 0. The molecule has 15 heavy (non-hydrogen) atoms. The number of rotatable bonds is 10. The second-order valence-electron chi connectivity index (χ2n) is 5.14. The van der Waals surface area contributed by atoms with Crippen LogP contribution >= 0.6 is 0 Å². The van der Waals surface area contributed by atoms with Gasteiger partial charge in [-0.15, -0.1) is 0 Å². The summed E-state index contributed by atoms with van der Waals surface area (Å²) in [7, 11) is 0. The van der Waals surface area contributed by atoms with Gasteiger partial charge in [0.25, 0.3) is 0 Å². The molecule has 1 N–H and O–H groups in total. The quantitative estimate of drug-likeness (QED) is 0.567. The summed E-state index contributed by atoms with van der Waals surface area (Å²) in [5.74, 6) is 0. The minimum Gasteiger partial charge on any atom is -0.396 e. The lowest BCUT2D eigenvalue weighted by Gasteiger charge is -2.21. The Morgan fingerprint density at radius 3 is 2.20 bits per heavy atom. The second-order valence-corrected chi connectivity index (χ2v) is 5.14. The van der Waals surface area contributed by atoms with Crippen molar-refractivity contribution in [2.45, 2.75) is 59.3 Å². The van der Waals surface area contributed by atoms with E-state index in [9.17, 15) is 0 Å². The van der Waals surface area contributed by atoms with Gasteiger partial charge in [-0.1, -0.05) is 52.9 Å². The van der Waals surface area contributed by atoms with E-state index >= 15 is 0 Å². The Bertz CT molecular complexity index is 132. The fraction of sp³-hybridized carbons (Fsp3) is 1.00. The molecule has 0 radical (unpaired) electrons. The van der Waals surface area contributed by atoms with Gasteiger partial charge < -0.3 is 9.84 Å². The largest absolute Gasteiger partial charge is 0.396 e. The van der Waals surface area contributed by atoms with Crippen LogP contribution in [-0.2, 0) is 4.74 Å². The third-order valence-electron chi connectivity index (χ3n) is 2.56. The van der Waals surface area contributed by atoms with Gasteiger partial charge in [0, 0.05) is 12.0 Å². The van der Waals surface area contributed by atoms with E-state index in [1.165, 1.54) is 32.1 Å². The predicted molar refractivity (Wildman–Crippen MR) is 65.1 cm³/mol. The van der Waals surface area contributed by atoms with Crippen LogP contribution in [-0.4, -0.2) is 24.9 Å². The number of ether oxygens (including phenoxy) is 1. The SMILES string of the molecule is CCCCCCCCOCC(C)(C)CO. The van der Waals surface area contributed by atoms with E-state index in [0.717, 1.165) is 13.0 Å². The van der Waals surface area contributed by atoms with Crippen molar-refractivity contribution in [3.05, 3.63) is 0 Å². The molecule has 0 atom stereocenters. The topological polar surface area (TPSA) is 29.5 Å². The van der Waals surface area contributed by atoms with Crippen molar-refractivity contribution in [1.29, 1.82) is 0 Å². The molecule has 0 rings (SSSR count). The lowest BCUT2D eigenvalue weighted by molar-refractivity contribution is 0.0265. The highest BCUT2D eigenvalue weighted by molar-refractivity contribution is 4.65. The first-order chi connectivity index (χ1) is 7.12. The Morgan fingerprint density at radius 1 is 1.00 bits per heavy atom. The van der Waals surface area contributed by atoms with Gasteiger partial charge in [-0.25, -0.2) is 0 Å². The molecule has 0 amide bonds. The first-order valence-corrected chi connectivity index (χ1v) is 6.31. The summed E-state index contributed by atoms with van der Waals surface area (Å²) >= 11 is 0. The summed E-state index contributed by atoms with van der Waals surface area (Å²) in [4.78, 5) is 0. The van der Waals surface area contributed by atoms with Crippen LogP contribution in [0.2, 0.25) is 0 Å². The van der Waals surface area contributed by atoms with E-state index in [1.807, 2.05) is 13.8 Å². The molecule has 0 aliphatic heterocycles. The number of hydrogen-bond acceptors (Lipinski definition) is 2. The Balaban J connectivity index is 3.11. The molecular formula is C13H28O2. The van der Waals surface area contributed by atoms with E-state index in [-0.39, 0.29) is 12.0 Å². The summed E-state index contributed by atoms with van der Waals surface area (Å²) in [5.41, 5.74) is -0.0811. The fourth-order valence-electron chi connectivity index (χ4n) is 1.38. The monoisotopic (exact) mass is 216 g/mol. The molecular weight excluding hydrogens is 188 g/mol.